The number of para-hydroxylation sites is 1. The largest absolute Gasteiger partial charge is 0.492 e. The van der Waals surface area contributed by atoms with Gasteiger partial charge < -0.3 is 10.1 Å². The Morgan fingerprint density at radius 1 is 1.45 bits per heavy atom. The number of thiazole rings is 1. The fraction of sp³-hybridized carbons (Fsp3) is 0.412. The molecular weight excluding hydrogens is 296 g/mol. The van der Waals surface area contributed by atoms with Gasteiger partial charge in [-0.05, 0) is 18.1 Å². The first-order valence-corrected chi connectivity index (χ1v) is 8.44. The summed E-state index contributed by atoms with van der Waals surface area (Å²) in [7, 11) is 0. The van der Waals surface area contributed by atoms with Gasteiger partial charge in [0.15, 0.2) is 0 Å². The number of rotatable bonds is 4. The topological polar surface area (TPSA) is 51.2 Å². The van der Waals surface area contributed by atoms with Gasteiger partial charge in [0.1, 0.15) is 12.4 Å². The summed E-state index contributed by atoms with van der Waals surface area (Å²) in [4.78, 5) is 16.8. The lowest BCUT2D eigenvalue weighted by Crippen LogP contribution is -2.37. The molecule has 1 atom stereocenters. The lowest BCUT2D eigenvalue weighted by molar-refractivity contribution is -0.126. The zero-order chi connectivity index (χ0) is 15.5. The van der Waals surface area contributed by atoms with E-state index in [9.17, 15) is 4.79 Å². The summed E-state index contributed by atoms with van der Waals surface area (Å²) in [5.74, 6) is 1.23. The fourth-order valence-corrected chi connectivity index (χ4v) is 3.32. The van der Waals surface area contributed by atoms with Gasteiger partial charge in [-0.3, -0.25) is 4.79 Å². The highest BCUT2D eigenvalue weighted by Crippen LogP contribution is 2.27. The molecule has 0 saturated heterocycles. The Bertz CT molecular complexity index is 666. The first-order valence-electron chi connectivity index (χ1n) is 7.56. The molecule has 0 aliphatic carbocycles. The molecule has 0 spiro atoms. The van der Waals surface area contributed by atoms with E-state index in [1.807, 2.05) is 29.6 Å². The number of carbonyl (C=O) groups is 1. The molecule has 4 nitrogen and oxygen atoms in total. The Hall–Kier alpha value is -1.88. The van der Waals surface area contributed by atoms with Gasteiger partial charge in [0.25, 0.3) is 0 Å². The molecule has 116 valence electrons. The quantitative estimate of drug-likeness (QED) is 0.943. The van der Waals surface area contributed by atoms with Crippen LogP contribution in [0, 0.1) is 5.92 Å². The molecule has 1 aliphatic heterocycles. The molecule has 0 bridgehead atoms. The number of nitrogens with zero attached hydrogens (tertiary/aromatic N) is 1. The predicted octanol–water partition coefficient (Wildman–Crippen LogP) is 3.13. The Labute approximate surface area is 134 Å². The van der Waals surface area contributed by atoms with Crippen molar-refractivity contribution in [1.29, 1.82) is 0 Å². The van der Waals surface area contributed by atoms with Gasteiger partial charge in [-0.2, -0.15) is 0 Å². The monoisotopic (exact) mass is 316 g/mol. The van der Waals surface area contributed by atoms with Crippen LogP contribution in [0.4, 0.5) is 0 Å². The van der Waals surface area contributed by atoms with Crippen molar-refractivity contribution >= 4 is 17.2 Å². The number of fused-ring (bicyclic) bond motifs is 1. The third-order valence-electron chi connectivity index (χ3n) is 3.76. The molecule has 0 unspecified atom stereocenters. The Kier molecular flexibility index (Phi) is 4.43. The van der Waals surface area contributed by atoms with Crippen LogP contribution < -0.4 is 10.1 Å². The van der Waals surface area contributed by atoms with Crippen LogP contribution in [0.5, 0.6) is 5.75 Å². The Morgan fingerprint density at radius 2 is 2.27 bits per heavy atom. The van der Waals surface area contributed by atoms with Crippen molar-refractivity contribution in [3.63, 3.8) is 0 Å². The summed E-state index contributed by atoms with van der Waals surface area (Å²) < 4.78 is 5.67. The molecule has 2 aromatic rings. The van der Waals surface area contributed by atoms with E-state index in [-0.39, 0.29) is 11.8 Å². The molecular formula is C17H20N2O2S. The molecule has 1 aliphatic rings. The summed E-state index contributed by atoms with van der Waals surface area (Å²) in [6.45, 7) is 5.17. The second kappa shape index (κ2) is 6.48. The van der Waals surface area contributed by atoms with E-state index < -0.39 is 0 Å². The third kappa shape index (κ3) is 3.30. The highest BCUT2D eigenvalue weighted by atomic mass is 32.1. The number of aromatic nitrogens is 1. The summed E-state index contributed by atoms with van der Waals surface area (Å²) in [6, 6.07) is 7.90. The van der Waals surface area contributed by atoms with Crippen LogP contribution in [0.1, 0.15) is 36.0 Å². The molecule has 1 aromatic heterocycles. The number of ether oxygens (including phenoxy) is 1. The van der Waals surface area contributed by atoms with E-state index in [0.717, 1.165) is 28.4 Å². The molecule has 3 rings (SSSR count). The van der Waals surface area contributed by atoms with Crippen molar-refractivity contribution in [1.82, 2.24) is 10.3 Å². The molecule has 2 heterocycles. The van der Waals surface area contributed by atoms with Crippen molar-refractivity contribution < 1.29 is 9.53 Å². The van der Waals surface area contributed by atoms with Crippen LogP contribution in [0.25, 0.3) is 0 Å². The van der Waals surface area contributed by atoms with Crippen molar-refractivity contribution in [2.45, 2.75) is 32.7 Å². The standard InChI is InChI=1S/C17H20N2O2S/c1-11(2)17-19-14(10-22-17)8-18-16(20)13-7-12-5-3-4-6-15(12)21-9-13/h3-6,10-11,13H,7-9H2,1-2H3,(H,18,20)/t13-/m1/s1. The minimum Gasteiger partial charge on any atom is -0.492 e. The number of benzene rings is 1. The zero-order valence-electron chi connectivity index (χ0n) is 12.8. The average Bonchev–Trinajstić information content (AvgIpc) is 3.01. The molecule has 1 N–H and O–H groups in total. The first-order chi connectivity index (χ1) is 10.6. The number of carbonyl (C=O) groups excluding carboxylic acids is 1. The second-order valence-corrected chi connectivity index (χ2v) is 6.76. The van der Waals surface area contributed by atoms with E-state index in [0.29, 0.717) is 19.1 Å². The summed E-state index contributed by atoms with van der Waals surface area (Å²) in [5, 5.41) is 6.10. The van der Waals surface area contributed by atoms with E-state index >= 15 is 0 Å². The van der Waals surface area contributed by atoms with Gasteiger partial charge in [0, 0.05) is 11.3 Å². The normalized spacial score (nSPS) is 17.0. The van der Waals surface area contributed by atoms with Gasteiger partial charge in [0.2, 0.25) is 5.91 Å². The molecule has 0 saturated carbocycles. The maximum atomic E-state index is 12.3. The van der Waals surface area contributed by atoms with Crippen LogP contribution in [0.2, 0.25) is 0 Å². The van der Waals surface area contributed by atoms with Crippen molar-refractivity contribution in [2.75, 3.05) is 6.61 Å². The molecule has 0 fully saturated rings. The molecule has 1 amide bonds. The Balaban J connectivity index is 1.56. The highest BCUT2D eigenvalue weighted by Gasteiger charge is 2.25. The minimum atomic E-state index is -0.127. The van der Waals surface area contributed by atoms with Gasteiger partial charge >= 0.3 is 0 Å². The summed E-state index contributed by atoms with van der Waals surface area (Å²) in [5.41, 5.74) is 2.03. The van der Waals surface area contributed by atoms with Crippen LogP contribution >= 0.6 is 11.3 Å². The number of hydrogen-bond acceptors (Lipinski definition) is 4. The lowest BCUT2D eigenvalue weighted by Gasteiger charge is -2.24. The van der Waals surface area contributed by atoms with Crippen molar-refractivity contribution in [3.05, 3.63) is 45.9 Å². The van der Waals surface area contributed by atoms with Gasteiger partial charge in [-0.25, -0.2) is 4.98 Å². The van der Waals surface area contributed by atoms with Gasteiger partial charge in [-0.1, -0.05) is 32.0 Å². The SMILES string of the molecule is CC(C)c1nc(CNC(=O)[C@H]2COc3ccccc3C2)cs1. The van der Waals surface area contributed by atoms with E-state index in [1.54, 1.807) is 11.3 Å². The lowest BCUT2D eigenvalue weighted by atomic mass is 9.96. The van der Waals surface area contributed by atoms with Crippen LogP contribution in [-0.2, 0) is 17.8 Å². The minimum absolute atomic E-state index is 0.0357. The number of hydrogen-bond donors (Lipinski definition) is 1. The smallest absolute Gasteiger partial charge is 0.227 e. The molecule has 22 heavy (non-hydrogen) atoms. The zero-order valence-corrected chi connectivity index (χ0v) is 13.7. The summed E-state index contributed by atoms with van der Waals surface area (Å²) in [6.07, 6.45) is 0.732. The Morgan fingerprint density at radius 3 is 3.05 bits per heavy atom. The predicted molar refractivity (Wildman–Crippen MR) is 87.2 cm³/mol. The maximum absolute atomic E-state index is 12.3. The van der Waals surface area contributed by atoms with Crippen LogP contribution in [0.3, 0.4) is 0 Å². The van der Waals surface area contributed by atoms with E-state index in [2.05, 4.69) is 24.1 Å². The third-order valence-corrected chi connectivity index (χ3v) is 4.95. The maximum Gasteiger partial charge on any atom is 0.227 e. The van der Waals surface area contributed by atoms with Crippen LogP contribution in [0.15, 0.2) is 29.6 Å². The van der Waals surface area contributed by atoms with Crippen molar-refractivity contribution in [3.8, 4) is 5.75 Å². The number of amides is 1. The first kappa shape index (κ1) is 15.0. The molecule has 1 aromatic carbocycles. The van der Waals surface area contributed by atoms with Gasteiger partial charge in [0.05, 0.1) is 23.2 Å². The van der Waals surface area contributed by atoms with E-state index in [1.165, 1.54) is 0 Å². The van der Waals surface area contributed by atoms with E-state index in [4.69, 9.17) is 4.74 Å². The van der Waals surface area contributed by atoms with Gasteiger partial charge in [-0.15, -0.1) is 11.3 Å². The highest BCUT2D eigenvalue weighted by molar-refractivity contribution is 7.09. The summed E-state index contributed by atoms with van der Waals surface area (Å²) >= 11 is 1.65. The van der Waals surface area contributed by atoms with Crippen LogP contribution in [-0.4, -0.2) is 17.5 Å². The number of nitrogens with one attached hydrogen (secondary N) is 1. The molecule has 0 radical (unpaired) electrons. The fourth-order valence-electron chi connectivity index (χ4n) is 2.49. The molecule has 5 heteroatoms. The van der Waals surface area contributed by atoms with Crippen molar-refractivity contribution in [2.24, 2.45) is 5.92 Å². The average molecular weight is 316 g/mol. The second-order valence-electron chi connectivity index (χ2n) is 5.87.